The summed E-state index contributed by atoms with van der Waals surface area (Å²) < 4.78 is 5.61. The Hall–Kier alpha value is -2.70. The number of nitrogens with zero attached hydrogens (tertiary/aromatic N) is 4. The van der Waals surface area contributed by atoms with E-state index in [-0.39, 0.29) is 0 Å². The number of nitrogen functional groups attached to an aromatic ring is 1. The third kappa shape index (κ3) is 4.04. The largest absolute Gasteiger partial charge is 0.493 e. The highest BCUT2D eigenvalue weighted by molar-refractivity contribution is 5.87. The molecule has 0 radical (unpaired) electrons. The van der Waals surface area contributed by atoms with Crippen LogP contribution in [0.15, 0.2) is 42.5 Å². The lowest BCUT2D eigenvalue weighted by Crippen LogP contribution is -2.46. The lowest BCUT2D eigenvalue weighted by atomic mass is 10.1. The smallest absolute Gasteiger partial charge is 0.145 e. The number of anilines is 1. The maximum atomic E-state index is 6.13. The fourth-order valence-corrected chi connectivity index (χ4v) is 4.28. The van der Waals surface area contributed by atoms with Crippen molar-refractivity contribution in [1.29, 1.82) is 0 Å². The SMILES string of the molecule is Nc1nc(CN2CCN(CCc3ccc4c(c3)CCO4)CC2)nc2ccccc12. The summed E-state index contributed by atoms with van der Waals surface area (Å²) in [6.45, 7) is 6.92. The number of fused-ring (bicyclic) bond motifs is 2. The highest BCUT2D eigenvalue weighted by atomic mass is 16.5. The maximum Gasteiger partial charge on any atom is 0.145 e. The Kier molecular flexibility index (Phi) is 5.04. The summed E-state index contributed by atoms with van der Waals surface area (Å²) in [5.41, 5.74) is 9.83. The molecule has 0 bridgehead atoms. The molecule has 0 amide bonds. The molecule has 6 nitrogen and oxygen atoms in total. The minimum Gasteiger partial charge on any atom is -0.493 e. The average Bonchev–Trinajstić information content (AvgIpc) is 3.21. The Balaban J connectivity index is 1.14. The zero-order chi connectivity index (χ0) is 19.6. The summed E-state index contributed by atoms with van der Waals surface area (Å²) in [5, 5.41) is 0.930. The van der Waals surface area contributed by atoms with Gasteiger partial charge in [-0.2, -0.15) is 0 Å². The highest BCUT2D eigenvalue weighted by Gasteiger charge is 2.19. The average molecular weight is 390 g/mol. The first-order valence-electron chi connectivity index (χ1n) is 10.4. The number of hydrogen-bond donors (Lipinski definition) is 1. The summed E-state index contributed by atoms with van der Waals surface area (Å²) in [6.07, 6.45) is 2.14. The van der Waals surface area contributed by atoms with Crippen molar-refractivity contribution in [3.63, 3.8) is 0 Å². The number of para-hydroxylation sites is 1. The lowest BCUT2D eigenvalue weighted by molar-refractivity contribution is 0.126. The number of hydrogen-bond acceptors (Lipinski definition) is 6. The first kappa shape index (κ1) is 18.3. The zero-order valence-corrected chi connectivity index (χ0v) is 16.7. The van der Waals surface area contributed by atoms with E-state index in [9.17, 15) is 0 Å². The molecule has 0 saturated carbocycles. The molecule has 2 N–H and O–H groups in total. The first-order chi connectivity index (χ1) is 14.2. The van der Waals surface area contributed by atoms with Gasteiger partial charge in [-0.25, -0.2) is 9.97 Å². The fraction of sp³-hybridized carbons (Fsp3) is 0.391. The summed E-state index contributed by atoms with van der Waals surface area (Å²) >= 11 is 0. The van der Waals surface area contributed by atoms with Crippen LogP contribution in [0.5, 0.6) is 5.75 Å². The molecular weight excluding hydrogens is 362 g/mol. The number of ether oxygens (including phenoxy) is 1. The Morgan fingerprint density at radius 2 is 1.79 bits per heavy atom. The second kappa shape index (κ2) is 7.97. The van der Waals surface area contributed by atoms with E-state index in [1.807, 2.05) is 24.3 Å². The number of nitrogens with two attached hydrogens (primary N) is 1. The van der Waals surface area contributed by atoms with Crippen LogP contribution in [0.25, 0.3) is 10.9 Å². The second-order valence-corrected chi connectivity index (χ2v) is 7.95. The number of aromatic nitrogens is 2. The van der Waals surface area contributed by atoms with Gasteiger partial charge in [-0.05, 0) is 35.7 Å². The van der Waals surface area contributed by atoms with Gasteiger partial charge in [0.2, 0.25) is 0 Å². The quantitative estimate of drug-likeness (QED) is 0.723. The monoisotopic (exact) mass is 389 g/mol. The van der Waals surface area contributed by atoms with Crippen molar-refractivity contribution in [2.24, 2.45) is 0 Å². The van der Waals surface area contributed by atoms with E-state index in [2.05, 4.69) is 33.0 Å². The molecule has 3 aromatic rings. The Morgan fingerprint density at radius 3 is 2.69 bits per heavy atom. The molecule has 0 unspecified atom stereocenters. The van der Waals surface area contributed by atoms with Crippen LogP contribution in [-0.2, 0) is 19.4 Å². The molecule has 2 aliphatic heterocycles. The van der Waals surface area contributed by atoms with Crippen molar-refractivity contribution in [1.82, 2.24) is 19.8 Å². The van der Waals surface area contributed by atoms with Crippen molar-refractivity contribution >= 4 is 16.7 Å². The van der Waals surface area contributed by atoms with Crippen LogP contribution in [0.1, 0.15) is 17.0 Å². The van der Waals surface area contributed by atoms with Crippen LogP contribution in [0.4, 0.5) is 5.82 Å². The number of benzene rings is 2. The van der Waals surface area contributed by atoms with Gasteiger partial charge >= 0.3 is 0 Å². The molecular formula is C23H27N5O. The normalized spacial score (nSPS) is 17.4. The summed E-state index contributed by atoms with van der Waals surface area (Å²) in [6, 6.07) is 14.6. The third-order valence-electron chi connectivity index (χ3n) is 5.98. The van der Waals surface area contributed by atoms with E-state index in [0.29, 0.717) is 5.82 Å². The van der Waals surface area contributed by atoms with Crippen LogP contribution >= 0.6 is 0 Å². The molecule has 1 saturated heterocycles. The van der Waals surface area contributed by atoms with E-state index in [1.54, 1.807) is 0 Å². The Morgan fingerprint density at radius 1 is 0.966 bits per heavy atom. The Labute approximate surface area is 171 Å². The van der Waals surface area contributed by atoms with Crippen LogP contribution < -0.4 is 10.5 Å². The summed E-state index contributed by atoms with van der Waals surface area (Å²) in [7, 11) is 0. The van der Waals surface area contributed by atoms with Crippen LogP contribution in [0.3, 0.4) is 0 Å². The van der Waals surface area contributed by atoms with Gasteiger partial charge in [0.15, 0.2) is 0 Å². The predicted octanol–water partition coefficient (Wildman–Crippen LogP) is 2.51. The second-order valence-electron chi connectivity index (χ2n) is 7.95. The third-order valence-corrected chi connectivity index (χ3v) is 5.98. The van der Waals surface area contributed by atoms with Crippen molar-refractivity contribution < 1.29 is 4.74 Å². The maximum absolute atomic E-state index is 6.13. The fourth-order valence-electron chi connectivity index (χ4n) is 4.28. The molecule has 2 aliphatic rings. The summed E-state index contributed by atoms with van der Waals surface area (Å²) in [5.74, 6) is 2.46. The van der Waals surface area contributed by atoms with Gasteiger partial charge in [0.1, 0.15) is 17.4 Å². The standard InChI is InChI=1S/C23H27N5O/c24-23-19-3-1-2-4-20(19)25-22(26-23)16-28-12-10-27(11-13-28)9-7-17-5-6-21-18(15-17)8-14-29-21/h1-6,15H,7-14,16H2,(H2,24,25,26). The predicted molar refractivity (Wildman–Crippen MR) is 115 cm³/mol. The van der Waals surface area contributed by atoms with Gasteiger partial charge < -0.3 is 15.4 Å². The van der Waals surface area contributed by atoms with Gasteiger partial charge in [0.25, 0.3) is 0 Å². The molecule has 29 heavy (non-hydrogen) atoms. The molecule has 150 valence electrons. The van der Waals surface area contributed by atoms with Gasteiger partial charge in [-0.3, -0.25) is 4.90 Å². The van der Waals surface area contributed by atoms with E-state index in [0.717, 1.165) is 81.2 Å². The molecule has 1 fully saturated rings. The van der Waals surface area contributed by atoms with E-state index < -0.39 is 0 Å². The molecule has 0 atom stereocenters. The van der Waals surface area contributed by atoms with Crippen molar-refractivity contribution in [2.45, 2.75) is 19.4 Å². The first-order valence-corrected chi connectivity index (χ1v) is 10.4. The lowest BCUT2D eigenvalue weighted by Gasteiger charge is -2.34. The summed E-state index contributed by atoms with van der Waals surface area (Å²) in [4.78, 5) is 14.2. The van der Waals surface area contributed by atoms with E-state index in [1.165, 1.54) is 11.1 Å². The van der Waals surface area contributed by atoms with Gasteiger partial charge in [-0.15, -0.1) is 0 Å². The highest BCUT2D eigenvalue weighted by Crippen LogP contribution is 2.26. The molecule has 1 aromatic heterocycles. The van der Waals surface area contributed by atoms with Gasteiger partial charge in [-0.1, -0.05) is 24.3 Å². The molecule has 0 aliphatic carbocycles. The van der Waals surface area contributed by atoms with Crippen LogP contribution in [0, 0.1) is 0 Å². The molecule has 3 heterocycles. The minimum absolute atomic E-state index is 0.573. The van der Waals surface area contributed by atoms with E-state index >= 15 is 0 Å². The number of piperazine rings is 1. The topological polar surface area (TPSA) is 67.5 Å². The van der Waals surface area contributed by atoms with Gasteiger partial charge in [0.05, 0.1) is 18.7 Å². The van der Waals surface area contributed by atoms with Crippen molar-refractivity contribution in [3.05, 3.63) is 59.4 Å². The zero-order valence-electron chi connectivity index (χ0n) is 16.7. The van der Waals surface area contributed by atoms with Crippen LogP contribution in [0.2, 0.25) is 0 Å². The van der Waals surface area contributed by atoms with Gasteiger partial charge in [0, 0.05) is 44.5 Å². The molecule has 0 spiro atoms. The molecule has 5 rings (SSSR count). The minimum atomic E-state index is 0.573. The van der Waals surface area contributed by atoms with Crippen molar-refractivity contribution in [3.8, 4) is 5.75 Å². The Bertz CT molecular complexity index is 1010. The number of rotatable bonds is 5. The van der Waals surface area contributed by atoms with E-state index in [4.69, 9.17) is 15.5 Å². The molecule has 2 aromatic carbocycles. The van der Waals surface area contributed by atoms with Crippen molar-refractivity contribution in [2.75, 3.05) is 45.1 Å². The van der Waals surface area contributed by atoms with Crippen LogP contribution in [-0.4, -0.2) is 59.1 Å². The molecule has 6 heteroatoms.